The van der Waals surface area contributed by atoms with Gasteiger partial charge in [-0.3, -0.25) is 0 Å². The summed E-state index contributed by atoms with van der Waals surface area (Å²) < 4.78 is 5.00. The molecule has 18 heavy (non-hydrogen) atoms. The lowest BCUT2D eigenvalue weighted by molar-refractivity contribution is 0.129. The van der Waals surface area contributed by atoms with Crippen LogP contribution in [0.5, 0.6) is 0 Å². The maximum atomic E-state index is 11.3. The first-order valence-electron chi connectivity index (χ1n) is 5.92. The van der Waals surface area contributed by atoms with Crippen molar-refractivity contribution in [3.8, 4) is 0 Å². The minimum Gasteiger partial charge on any atom is -0.445 e. The van der Waals surface area contributed by atoms with E-state index in [1.807, 2.05) is 30.3 Å². The van der Waals surface area contributed by atoms with Crippen molar-refractivity contribution >= 4 is 6.09 Å². The normalized spacial score (nSPS) is 10.4. The summed E-state index contributed by atoms with van der Waals surface area (Å²) in [5.74, 6) is -0.195. The van der Waals surface area contributed by atoms with Crippen LogP contribution >= 0.6 is 0 Å². The van der Waals surface area contributed by atoms with E-state index < -0.39 is 6.09 Å². The molecule has 1 rings (SSSR count). The van der Waals surface area contributed by atoms with Crippen molar-refractivity contribution in [1.82, 2.24) is 5.32 Å². The molecule has 0 aliphatic heterocycles. The lowest BCUT2D eigenvalue weighted by Gasteiger charge is -2.11. The van der Waals surface area contributed by atoms with E-state index in [1.54, 1.807) is 0 Å². The van der Waals surface area contributed by atoms with Crippen molar-refractivity contribution < 1.29 is 19.7 Å². The summed E-state index contributed by atoms with van der Waals surface area (Å²) in [6, 6.07) is 9.41. The summed E-state index contributed by atoms with van der Waals surface area (Å²) in [5.41, 5.74) is 0.927. The molecule has 1 amide bonds. The fourth-order valence-electron chi connectivity index (χ4n) is 1.39. The Bertz CT molecular complexity index is 338. The van der Waals surface area contributed by atoms with Crippen molar-refractivity contribution in [3.05, 3.63) is 35.9 Å². The van der Waals surface area contributed by atoms with E-state index in [2.05, 4.69) is 5.32 Å². The number of rotatable bonds is 7. The van der Waals surface area contributed by atoms with Gasteiger partial charge in [-0.2, -0.15) is 0 Å². The molecule has 0 aliphatic rings. The Morgan fingerprint density at radius 1 is 1.22 bits per heavy atom. The van der Waals surface area contributed by atoms with Crippen molar-refractivity contribution in [3.63, 3.8) is 0 Å². The van der Waals surface area contributed by atoms with Crippen LogP contribution in [-0.2, 0) is 11.3 Å². The van der Waals surface area contributed by atoms with E-state index in [0.717, 1.165) is 5.56 Å². The summed E-state index contributed by atoms with van der Waals surface area (Å²) >= 11 is 0. The van der Waals surface area contributed by atoms with Crippen LogP contribution in [0.1, 0.15) is 12.0 Å². The number of carbonyl (C=O) groups excluding carboxylic acids is 1. The van der Waals surface area contributed by atoms with Crippen molar-refractivity contribution in [2.45, 2.75) is 13.0 Å². The number of alkyl carbamates (subject to hydrolysis) is 1. The molecule has 0 radical (unpaired) electrons. The number of carbonyl (C=O) groups is 1. The molecule has 0 fully saturated rings. The maximum Gasteiger partial charge on any atom is 0.407 e. The predicted octanol–water partition coefficient (Wildman–Crippen LogP) is 0.904. The van der Waals surface area contributed by atoms with Gasteiger partial charge in [0.15, 0.2) is 0 Å². The van der Waals surface area contributed by atoms with Crippen LogP contribution in [0.25, 0.3) is 0 Å². The minimum absolute atomic E-state index is 0.0861. The Morgan fingerprint density at radius 2 is 1.89 bits per heavy atom. The highest BCUT2D eigenvalue weighted by atomic mass is 16.5. The van der Waals surface area contributed by atoms with Gasteiger partial charge >= 0.3 is 6.09 Å². The number of benzene rings is 1. The van der Waals surface area contributed by atoms with Gasteiger partial charge in [0.2, 0.25) is 0 Å². The molecular formula is C13H19NO4. The van der Waals surface area contributed by atoms with Gasteiger partial charge < -0.3 is 20.3 Å². The Morgan fingerprint density at radius 3 is 2.50 bits per heavy atom. The lowest BCUT2D eigenvalue weighted by Crippen LogP contribution is -2.28. The topological polar surface area (TPSA) is 78.8 Å². The molecule has 1 aromatic carbocycles. The number of ether oxygens (including phenoxy) is 1. The average molecular weight is 253 g/mol. The molecule has 3 N–H and O–H groups in total. The SMILES string of the molecule is O=C(NCCC(CO)CO)OCc1ccccc1. The zero-order chi connectivity index (χ0) is 13.2. The van der Waals surface area contributed by atoms with E-state index in [-0.39, 0.29) is 25.7 Å². The lowest BCUT2D eigenvalue weighted by atomic mass is 10.1. The van der Waals surface area contributed by atoms with Crippen LogP contribution in [0.4, 0.5) is 4.79 Å². The second-order valence-electron chi connectivity index (χ2n) is 4.01. The zero-order valence-corrected chi connectivity index (χ0v) is 10.2. The van der Waals surface area contributed by atoms with Crippen LogP contribution in [0.2, 0.25) is 0 Å². The van der Waals surface area contributed by atoms with Crippen molar-refractivity contribution in [2.75, 3.05) is 19.8 Å². The Kier molecular flexibility index (Phi) is 6.83. The highest BCUT2D eigenvalue weighted by Gasteiger charge is 2.07. The molecule has 0 saturated heterocycles. The van der Waals surface area contributed by atoms with Crippen molar-refractivity contribution in [1.29, 1.82) is 0 Å². The number of hydrogen-bond donors (Lipinski definition) is 3. The maximum absolute atomic E-state index is 11.3. The van der Waals surface area contributed by atoms with E-state index in [0.29, 0.717) is 13.0 Å². The molecule has 0 bridgehead atoms. The first-order chi connectivity index (χ1) is 8.76. The Balaban J connectivity index is 2.14. The monoisotopic (exact) mass is 253 g/mol. The third kappa shape index (κ3) is 5.65. The van der Waals surface area contributed by atoms with Crippen LogP contribution in [0, 0.1) is 5.92 Å². The first-order valence-corrected chi connectivity index (χ1v) is 5.92. The fourth-order valence-corrected chi connectivity index (χ4v) is 1.39. The Hall–Kier alpha value is -1.59. The number of nitrogens with one attached hydrogen (secondary N) is 1. The van der Waals surface area contributed by atoms with E-state index in [9.17, 15) is 4.79 Å². The predicted molar refractivity (Wildman–Crippen MR) is 66.9 cm³/mol. The first kappa shape index (κ1) is 14.5. The van der Waals surface area contributed by atoms with E-state index in [1.165, 1.54) is 0 Å². The largest absolute Gasteiger partial charge is 0.445 e. The number of aliphatic hydroxyl groups is 2. The van der Waals surface area contributed by atoms with E-state index >= 15 is 0 Å². The zero-order valence-electron chi connectivity index (χ0n) is 10.2. The molecule has 0 aliphatic carbocycles. The van der Waals surface area contributed by atoms with Crippen LogP contribution in [0.3, 0.4) is 0 Å². The van der Waals surface area contributed by atoms with Gasteiger partial charge in [0.1, 0.15) is 6.61 Å². The van der Waals surface area contributed by atoms with Gasteiger partial charge in [-0.1, -0.05) is 30.3 Å². The standard InChI is InChI=1S/C13H19NO4/c15-8-12(9-16)6-7-14-13(17)18-10-11-4-2-1-3-5-11/h1-5,12,15-16H,6-10H2,(H,14,17). The van der Waals surface area contributed by atoms with Crippen LogP contribution in [-0.4, -0.2) is 36.1 Å². The summed E-state index contributed by atoms with van der Waals surface area (Å²) in [6.07, 6.45) is 0.0291. The summed E-state index contributed by atoms with van der Waals surface area (Å²) in [5, 5.41) is 20.2. The molecular weight excluding hydrogens is 234 g/mol. The molecule has 100 valence electrons. The molecule has 0 aromatic heterocycles. The smallest absolute Gasteiger partial charge is 0.407 e. The van der Waals surface area contributed by atoms with Gasteiger partial charge in [-0.15, -0.1) is 0 Å². The molecule has 0 spiro atoms. The van der Waals surface area contributed by atoms with Crippen LogP contribution in [0.15, 0.2) is 30.3 Å². The fraction of sp³-hybridized carbons (Fsp3) is 0.462. The average Bonchev–Trinajstić information content (AvgIpc) is 2.42. The summed E-state index contributed by atoms with van der Waals surface area (Å²) in [7, 11) is 0. The highest BCUT2D eigenvalue weighted by molar-refractivity contribution is 5.67. The molecule has 0 atom stereocenters. The second-order valence-corrected chi connectivity index (χ2v) is 4.01. The second kappa shape index (κ2) is 8.49. The van der Waals surface area contributed by atoms with Gasteiger partial charge in [0, 0.05) is 25.7 Å². The molecule has 5 heteroatoms. The molecule has 0 heterocycles. The molecule has 0 saturated carbocycles. The molecule has 1 aromatic rings. The number of amides is 1. The van der Waals surface area contributed by atoms with Crippen LogP contribution < -0.4 is 5.32 Å². The number of aliphatic hydroxyl groups excluding tert-OH is 2. The quantitative estimate of drug-likeness (QED) is 0.674. The highest BCUT2D eigenvalue weighted by Crippen LogP contribution is 2.01. The summed E-state index contributed by atoms with van der Waals surface area (Å²) in [4.78, 5) is 11.3. The summed E-state index contributed by atoms with van der Waals surface area (Å²) in [6.45, 7) is 0.435. The van der Waals surface area contributed by atoms with Gasteiger partial charge in [-0.25, -0.2) is 4.79 Å². The third-order valence-corrected chi connectivity index (χ3v) is 2.55. The number of hydrogen-bond acceptors (Lipinski definition) is 4. The van der Waals surface area contributed by atoms with Gasteiger partial charge in [-0.05, 0) is 12.0 Å². The van der Waals surface area contributed by atoms with Gasteiger partial charge in [0.25, 0.3) is 0 Å². The third-order valence-electron chi connectivity index (χ3n) is 2.55. The Labute approximate surface area is 106 Å². The van der Waals surface area contributed by atoms with E-state index in [4.69, 9.17) is 14.9 Å². The minimum atomic E-state index is -0.492. The van der Waals surface area contributed by atoms with Crippen molar-refractivity contribution in [2.24, 2.45) is 5.92 Å². The molecule has 0 unspecified atom stereocenters. The molecule has 5 nitrogen and oxygen atoms in total. The van der Waals surface area contributed by atoms with Gasteiger partial charge in [0.05, 0.1) is 0 Å².